The zero-order chi connectivity index (χ0) is 20.1. The molecule has 0 unspecified atom stereocenters. The van der Waals surface area contributed by atoms with Crippen LogP contribution < -0.4 is 0 Å². The first-order chi connectivity index (χ1) is 13.2. The predicted octanol–water partition coefficient (Wildman–Crippen LogP) is 5.69. The molecule has 0 fully saturated rings. The zero-order valence-electron chi connectivity index (χ0n) is 14.4. The summed E-state index contributed by atoms with van der Waals surface area (Å²) < 4.78 is 68.9. The van der Waals surface area contributed by atoms with Gasteiger partial charge in [0.15, 0.2) is 5.65 Å². The Kier molecular flexibility index (Phi) is 4.14. The summed E-state index contributed by atoms with van der Waals surface area (Å²) in [5, 5.41) is 4.05. The van der Waals surface area contributed by atoms with Crippen molar-refractivity contribution in [2.45, 2.75) is 13.1 Å². The van der Waals surface area contributed by atoms with Gasteiger partial charge >= 0.3 is 6.18 Å². The third kappa shape index (κ3) is 3.11. The van der Waals surface area contributed by atoms with E-state index in [2.05, 4.69) is 10.1 Å². The summed E-state index contributed by atoms with van der Waals surface area (Å²) in [6.07, 6.45) is -4.64. The Labute approximate surface area is 156 Å². The fourth-order valence-electron chi connectivity index (χ4n) is 3.04. The number of aryl methyl sites for hydroxylation is 1. The third-order valence-corrected chi connectivity index (χ3v) is 4.33. The van der Waals surface area contributed by atoms with Gasteiger partial charge in [0.05, 0.1) is 28.0 Å². The minimum Gasteiger partial charge on any atom is -0.228 e. The molecule has 0 aliphatic rings. The summed E-state index contributed by atoms with van der Waals surface area (Å²) in [5.74, 6) is -0.985. The molecule has 0 aliphatic heterocycles. The summed E-state index contributed by atoms with van der Waals surface area (Å²) in [6.45, 7) is 1.46. The number of aromatic nitrogens is 3. The first-order valence-electron chi connectivity index (χ1n) is 8.23. The summed E-state index contributed by atoms with van der Waals surface area (Å²) in [4.78, 5) is 4.35. The van der Waals surface area contributed by atoms with Crippen molar-refractivity contribution in [3.05, 3.63) is 77.5 Å². The number of hydrogen-bond acceptors (Lipinski definition) is 2. The molecule has 0 bridgehead atoms. The molecule has 2 heterocycles. The first-order valence-corrected chi connectivity index (χ1v) is 8.23. The average Bonchev–Trinajstić information content (AvgIpc) is 2.98. The number of rotatable bonds is 2. The third-order valence-electron chi connectivity index (χ3n) is 4.33. The molecule has 0 saturated carbocycles. The van der Waals surface area contributed by atoms with Crippen LogP contribution in [0.3, 0.4) is 0 Å². The smallest absolute Gasteiger partial charge is 0.228 e. The van der Waals surface area contributed by atoms with Gasteiger partial charge in [-0.05, 0) is 61.5 Å². The van der Waals surface area contributed by atoms with E-state index >= 15 is 0 Å². The van der Waals surface area contributed by atoms with Gasteiger partial charge in [0, 0.05) is 5.56 Å². The second-order valence-corrected chi connectivity index (χ2v) is 6.23. The molecule has 28 heavy (non-hydrogen) atoms. The Morgan fingerprint density at radius 1 is 0.857 bits per heavy atom. The van der Waals surface area contributed by atoms with Crippen LogP contribution in [0.5, 0.6) is 0 Å². The molecule has 2 aromatic carbocycles. The second-order valence-electron chi connectivity index (χ2n) is 6.23. The summed E-state index contributed by atoms with van der Waals surface area (Å²) in [7, 11) is 0. The van der Waals surface area contributed by atoms with Crippen molar-refractivity contribution in [1.82, 2.24) is 14.8 Å². The lowest BCUT2D eigenvalue weighted by molar-refractivity contribution is -0.136. The average molecular weight is 389 g/mol. The monoisotopic (exact) mass is 389 g/mol. The summed E-state index contributed by atoms with van der Waals surface area (Å²) in [6, 6.07) is 11.1. The van der Waals surface area contributed by atoms with Gasteiger partial charge in [0.1, 0.15) is 11.6 Å². The van der Waals surface area contributed by atoms with E-state index in [1.165, 1.54) is 48.0 Å². The normalized spacial score (nSPS) is 11.9. The van der Waals surface area contributed by atoms with Crippen LogP contribution in [0.15, 0.2) is 54.6 Å². The summed E-state index contributed by atoms with van der Waals surface area (Å²) >= 11 is 0. The highest BCUT2D eigenvalue weighted by atomic mass is 19.4. The van der Waals surface area contributed by atoms with Crippen LogP contribution in [0.1, 0.15) is 11.3 Å². The summed E-state index contributed by atoms with van der Waals surface area (Å²) in [5.41, 5.74) is -0.0245. The van der Waals surface area contributed by atoms with Crippen LogP contribution in [0.4, 0.5) is 22.0 Å². The lowest BCUT2D eigenvalue weighted by Crippen LogP contribution is -2.08. The second kappa shape index (κ2) is 6.40. The molecule has 0 saturated heterocycles. The van der Waals surface area contributed by atoms with Crippen molar-refractivity contribution in [3.8, 4) is 16.9 Å². The van der Waals surface area contributed by atoms with Crippen LogP contribution >= 0.6 is 0 Å². The number of alkyl halides is 3. The van der Waals surface area contributed by atoms with Gasteiger partial charge in [-0.25, -0.2) is 18.4 Å². The molecule has 142 valence electrons. The minimum atomic E-state index is -4.64. The van der Waals surface area contributed by atoms with Gasteiger partial charge in [-0.15, -0.1) is 0 Å². The van der Waals surface area contributed by atoms with E-state index in [-0.39, 0.29) is 22.4 Å². The molecule has 0 atom stereocenters. The quantitative estimate of drug-likeness (QED) is 0.412. The number of halogens is 5. The van der Waals surface area contributed by atoms with Crippen LogP contribution in [0.25, 0.3) is 28.0 Å². The highest BCUT2D eigenvalue weighted by Crippen LogP contribution is 2.38. The van der Waals surface area contributed by atoms with Crippen LogP contribution in [0, 0.1) is 18.6 Å². The van der Waals surface area contributed by atoms with Crippen LogP contribution in [0.2, 0.25) is 0 Å². The number of nitrogens with zero attached hydrogens (tertiary/aromatic N) is 3. The molecular weight excluding hydrogens is 377 g/mol. The van der Waals surface area contributed by atoms with Crippen molar-refractivity contribution in [1.29, 1.82) is 0 Å². The highest BCUT2D eigenvalue weighted by molar-refractivity contribution is 5.86. The molecule has 0 amide bonds. The van der Waals surface area contributed by atoms with Gasteiger partial charge < -0.3 is 0 Å². The van der Waals surface area contributed by atoms with E-state index in [1.807, 2.05) is 0 Å². The van der Waals surface area contributed by atoms with Gasteiger partial charge in [-0.3, -0.25) is 0 Å². The molecule has 0 N–H and O–H groups in total. The van der Waals surface area contributed by atoms with Gasteiger partial charge in [-0.2, -0.15) is 18.3 Å². The number of pyridine rings is 1. The highest BCUT2D eigenvalue weighted by Gasteiger charge is 2.35. The Bertz CT molecular complexity index is 1160. The first kappa shape index (κ1) is 18.1. The van der Waals surface area contributed by atoms with Crippen molar-refractivity contribution >= 4 is 11.0 Å². The van der Waals surface area contributed by atoms with Gasteiger partial charge in [0.2, 0.25) is 0 Å². The lowest BCUT2D eigenvalue weighted by Gasteiger charge is -2.12. The van der Waals surface area contributed by atoms with Crippen molar-refractivity contribution in [2.24, 2.45) is 0 Å². The van der Waals surface area contributed by atoms with Gasteiger partial charge in [-0.1, -0.05) is 0 Å². The molecular formula is C20H12F5N3. The molecule has 0 spiro atoms. The molecule has 3 nitrogen and oxygen atoms in total. The molecule has 4 aromatic rings. The Hall–Kier alpha value is -3.29. The van der Waals surface area contributed by atoms with Crippen molar-refractivity contribution in [2.75, 3.05) is 0 Å². The molecule has 0 radical (unpaired) electrons. The predicted molar refractivity (Wildman–Crippen MR) is 94.0 cm³/mol. The molecule has 2 aromatic heterocycles. The number of hydrogen-bond donors (Lipinski definition) is 0. The SMILES string of the molecule is Cc1nn(-c2ccc(F)cc2)c2nc(-c3ccc(F)cc3)cc(C(F)(F)F)c12. The van der Waals surface area contributed by atoms with Crippen LogP contribution in [-0.4, -0.2) is 14.8 Å². The van der Waals surface area contributed by atoms with E-state index in [1.54, 1.807) is 0 Å². The number of benzene rings is 2. The Balaban J connectivity index is 2.04. The minimum absolute atomic E-state index is 0.0155. The maximum atomic E-state index is 13.7. The van der Waals surface area contributed by atoms with Crippen molar-refractivity contribution < 1.29 is 22.0 Å². The zero-order valence-corrected chi connectivity index (χ0v) is 14.4. The number of fused-ring (bicyclic) bond motifs is 1. The maximum Gasteiger partial charge on any atom is 0.417 e. The molecule has 0 aliphatic carbocycles. The fraction of sp³-hybridized carbons (Fsp3) is 0.100. The van der Waals surface area contributed by atoms with Crippen molar-refractivity contribution in [3.63, 3.8) is 0 Å². The lowest BCUT2D eigenvalue weighted by atomic mass is 10.1. The van der Waals surface area contributed by atoms with Crippen LogP contribution in [-0.2, 0) is 6.18 Å². The largest absolute Gasteiger partial charge is 0.417 e. The van der Waals surface area contributed by atoms with Gasteiger partial charge in [0.25, 0.3) is 0 Å². The maximum absolute atomic E-state index is 13.7. The van der Waals surface area contributed by atoms with E-state index in [4.69, 9.17) is 0 Å². The van der Waals surface area contributed by atoms with E-state index in [9.17, 15) is 22.0 Å². The Morgan fingerprint density at radius 3 is 2.00 bits per heavy atom. The topological polar surface area (TPSA) is 30.7 Å². The fourth-order valence-corrected chi connectivity index (χ4v) is 3.04. The van der Waals surface area contributed by atoms with E-state index in [0.29, 0.717) is 11.3 Å². The Morgan fingerprint density at radius 2 is 1.43 bits per heavy atom. The molecule has 4 rings (SSSR count). The van der Waals surface area contributed by atoms with E-state index < -0.39 is 23.4 Å². The molecule has 8 heteroatoms. The standard InChI is InChI=1S/C20H12F5N3/c1-11-18-16(20(23,24)25)10-17(12-2-4-13(21)5-3-12)26-19(18)28(27-11)15-8-6-14(22)7-9-15/h2-10H,1H3. The van der Waals surface area contributed by atoms with E-state index in [0.717, 1.165) is 18.2 Å².